The third-order valence-corrected chi connectivity index (χ3v) is 4.70. The van der Waals surface area contributed by atoms with Crippen molar-refractivity contribution in [3.8, 4) is 0 Å². The molecule has 1 aromatic rings. The van der Waals surface area contributed by atoms with E-state index in [1.165, 1.54) is 32.1 Å². The normalized spacial score (nSPS) is 24.4. The molecule has 19 heavy (non-hydrogen) atoms. The molecular formula is C15H22ClN3. The van der Waals surface area contributed by atoms with Crippen molar-refractivity contribution in [3.63, 3.8) is 0 Å². The fraction of sp³-hybridized carbons (Fsp3) is 0.733. The van der Waals surface area contributed by atoms with Gasteiger partial charge in [0.25, 0.3) is 0 Å². The Hall–Kier alpha value is -0.830. The van der Waals surface area contributed by atoms with Crippen molar-refractivity contribution in [2.24, 2.45) is 5.92 Å². The van der Waals surface area contributed by atoms with Gasteiger partial charge in [-0.2, -0.15) is 0 Å². The number of aromatic nitrogens is 2. The summed E-state index contributed by atoms with van der Waals surface area (Å²) in [7, 11) is 0. The van der Waals surface area contributed by atoms with E-state index in [2.05, 4.69) is 16.8 Å². The van der Waals surface area contributed by atoms with Crippen LogP contribution in [0.5, 0.6) is 0 Å². The van der Waals surface area contributed by atoms with Gasteiger partial charge in [0.15, 0.2) is 0 Å². The Kier molecular flexibility index (Phi) is 3.66. The van der Waals surface area contributed by atoms with Gasteiger partial charge < -0.3 is 4.90 Å². The van der Waals surface area contributed by atoms with Crippen LogP contribution in [0.1, 0.15) is 56.3 Å². The third-order valence-electron chi connectivity index (χ3n) is 4.34. The predicted octanol–water partition coefficient (Wildman–Crippen LogP) is 3.94. The summed E-state index contributed by atoms with van der Waals surface area (Å²) in [5.41, 5.74) is 1.04. The van der Waals surface area contributed by atoms with Crippen molar-refractivity contribution in [3.05, 3.63) is 16.5 Å². The maximum Gasteiger partial charge on any atom is 0.137 e. The Morgan fingerprint density at radius 2 is 1.89 bits per heavy atom. The molecule has 0 spiro atoms. The lowest BCUT2D eigenvalue weighted by atomic mass is 10.0. The van der Waals surface area contributed by atoms with Gasteiger partial charge in [0.05, 0.1) is 0 Å². The molecule has 0 N–H and O–H groups in total. The highest BCUT2D eigenvalue weighted by molar-refractivity contribution is 6.30. The maximum atomic E-state index is 6.30. The molecule has 0 radical (unpaired) electrons. The van der Waals surface area contributed by atoms with E-state index in [4.69, 9.17) is 16.6 Å². The average molecular weight is 280 g/mol. The van der Waals surface area contributed by atoms with Crippen LogP contribution < -0.4 is 4.90 Å². The lowest BCUT2D eigenvalue weighted by molar-refractivity contribution is 0.521. The molecule has 104 valence electrons. The van der Waals surface area contributed by atoms with Gasteiger partial charge >= 0.3 is 0 Å². The van der Waals surface area contributed by atoms with Crippen LogP contribution in [0.2, 0.25) is 5.15 Å². The van der Waals surface area contributed by atoms with Gasteiger partial charge in [-0.15, -0.1) is 0 Å². The number of hydrogen-bond donors (Lipinski definition) is 0. The van der Waals surface area contributed by atoms with E-state index in [-0.39, 0.29) is 0 Å². The molecule has 1 atom stereocenters. The summed E-state index contributed by atoms with van der Waals surface area (Å²) in [5, 5.41) is 0.643. The second kappa shape index (κ2) is 5.28. The van der Waals surface area contributed by atoms with E-state index in [1.54, 1.807) is 0 Å². The zero-order valence-electron chi connectivity index (χ0n) is 11.8. The van der Waals surface area contributed by atoms with Crippen molar-refractivity contribution in [1.29, 1.82) is 0 Å². The summed E-state index contributed by atoms with van der Waals surface area (Å²) >= 11 is 6.30. The van der Waals surface area contributed by atoms with E-state index >= 15 is 0 Å². The maximum absolute atomic E-state index is 6.30. The van der Waals surface area contributed by atoms with Crippen LogP contribution in [-0.2, 0) is 0 Å². The van der Waals surface area contributed by atoms with Gasteiger partial charge in [0.1, 0.15) is 16.8 Å². The average Bonchev–Trinajstić information content (AvgIpc) is 3.20. The Balaban J connectivity index is 1.89. The Bertz CT molecular complexity index is 471. The quantitative estimate of drug-likeness (QED) is 0.768. The van der Waals surface area contributed by atoms with E-state index < -0.39 is 0 Å². The molecule has 0 aromatic carbocycles. The lowest BCUT2D eigenvalue weighted by Gasteiger charge is -2.24. The van der Waals surface area contributed by atoms with Crippen LogP contribution in [-0.4, -0.2) is 23.1 Å². The van der Waals surface area contributed by atoms with Gasteiger partial charge in [-0.25, -0.2) is 9.97 Å². The van der Waals surface area contributed by atoms with E-state index in [0.29, 0.717) is 11.1 Å². The van der Waals surface area contributed by atoms with Crippen LogP contribution >= 0.6 is 11.6 Å². The molecule has 3 nitrogen and oxygen atoms in total. The molecule has 2 heterocycles. The second-order valence-corrected chi connectivity index (χ2v) is 6.48. The number of anilines is 1. The molecule has 1 saturated carbocycles. The highest BCUT2D eigenvalue weighted by Gasteiger charge is 2.29. The van der Waals surface area contributed by atoms with Crippen molar-refractivity contribution < 1.29 is 0 Å². The van der Waals surface area contributed by atoms with Gasteiger partial charge in [-0.3, -0.25) is 0 Å². The van der Waals surface area contributed by atoms with Gasteiger partial charge in [0.2, 0.25) is 0 Å². The first-order chi connectivity index (χ1) is 9.15. The largest absolute Gasteiger partial charge is 0.356 e. The van der Waals surface area contributed by atoms with Gasteiger partial charge in [-0.1, -0.05) is 18.5 Å². The number of rotatable bonds is 2. The highest BCUT2D eigenvalue weighted by atomic mass is 35.5. The zero-order valence-corrected chi connectivity index (χ0v) is 12.6. The second-order valence-electron chi connectivity index (χ2n) is 6.12. The van der Waals surface area contributed by atoms with Crippen LogP contribution in [0.15, 0.2) is 0 Å². The van der Waals surface area contributed by atoms with Crippen molar-refractivity contribution in [2.45, 2.75) is 51.9 Å². The summed E-state index contributed by atoms with van der Waals surface area (Å²) < 4.78 is 0. The first-order valence-corrected chi connectivity index (χ1v) is 7.82. The molecular weight excluding hydrogens is 258 g/mol. The molecule has 2 aliphatic rings. The molecule has 1 aromatic heterocycles. The van der Waals surface area contributed by atoms with Crippen molar-refractivity contribution >= 4 is 17.4 Å². The smallest absolute Gasteiger partial charge is 0.137 e. The van der Waals surface area contributed by atoms with Gasteiger partial charge in [0, 0.05) is 24.6 Å². The van der Waals surface area contributed by atoms with Crippen LogP contribution in [0.25, 0.3) is 0 Å². The monoisotopic (exact) mass is 279 g/mol. The molecule has 0 amide bonds. The van der Waals surface area contributed by atoms with Crippen molar-refractivity contribution in [1.82, 2.24) is 9.97 Å². The minimum Gasteiger partial charge on any atom is -0.356 e. The molecule has 1 unspecified atom stereocenters. The number of nitrogens with zero attached hydrogens (tertiary/aromatic N) is 3. The zero-order chi connectivity index (χ0) is 13.4. The third kappa shape index (κ3) is 2.86. The molecule has 3 rings (SSSR count). The van der Waals surface area contributed by atoms with E-state index in [1.807, 2.05) is 6.92 Å². The van der Waals surface area contributed by atoms with Crippen LogP contribution in [0.3, 0.4) is 0 Å². The fourth-order valence-corrected chi connectivity index (χ4v) is 2.97. The minimum absolute atomic E-state index is 0.558. The van der Waals surface area contributed by atoms with Crippen LogP contribution in [0.4, 0.5) is 5.82 Å². The van der Waals surface area contributed by atoms with Gasteiger partial charge in [-0.05, 0) is 44.9 Å². The minimum atomic E-state index is 0.558. The highest BCUT2D eigenvalue weighted by Crippen LogP contribution is 2.40. The summed E-state index contributed by atoms with van der Waals surface area (Å²) in [6, 6.07) is 0. The number of halogens is 1. The Labute approximate surface area is 120 Å². The summed E-state index contributed by atoms with van der Waals surface area (Å²) in [6.07, 6.45) is 6.26. The first kappa shape index (κ1) is 13.2. The molecule has 1 aliphatic heterocycles. The molecule has 4 heteroatoms. The Morgan fingerprint density at radius 1 is 1.11 bits per heavy atom. The molecule has 2 fully saturated rings. The first-order valence-electron chi connectivity index (χ1n) is 7.44. The van der Waals surface area contributed by atoms with E-state index in [9.17, 15) is 0 Å². The summed E-state index contributed by atoms with van der Waals surface area (Å²) in [6.45, 7) is 6.59. The molecule has 1 saturated heterocycles. The molecule has 1 aliphatic carbocycles. The summed E-state index contributed by atoms with van der Waals surface area (Å²) in [5.74, 6) is 3.42. The summed E-state index contributed by atoms with van der Waals surface area (Å²) in [4.78, 5) is 11.7. The topological polar surface area (TPSA) is 29.0 Å². The number of hydrogen-bond acceptors (Lipinski definition) is 3. The Morgan fingerprint density at radius 3 is 2.63 bits per heavy atom. The SMILES string of the molecule is Cc1c(Cl)nc(C2CC2)nc1N1CCCC(C)CC1. The fourth-order valence-electron chi connectivity index (χ4n) is 2.80. The van der Waals surface area contributed by atoms with Crippen molar-refractivity contribution in [2.75, 3.05) is 18.0 Å². The van der Waals surface area contributed by atoms with E-state index in [0.717, 1.165) is 36.2 Å². The molecule has 0 bridgehead atoms. The standard InChI is InChI=1S/C15H22ClN3/c1-10-4-3-8-19(9-7-10)15-11(2)13(16)17-14(18-15)12-5-6-12/h10,12H,3-9H2,1-2H3. The van der Waals surface area contributed by atoms with Crippen LogP contribution in [0, 0.1) is 12.8 Å². The predicted molar refractivity (Wildman–Crippen MR) is 79.0 cm³/mol. The lowest BCUT2D eigenvalue weighted by Crippen LogP contribution is -2.26.